The smallest absolute Gasteiger partial charge is 0.229 e. The number of benzene rings is 2. The van der Waals surface area contributed by atoms with Crippen molar-refractivity contribution in [2.45, 2.75) is 55.6 Å². The SMILES string of the molecule is COc1ccc([C@@H]2Oc3c(OC)cc(CCCO)cc3[C@@H]2CO)cc1O[C@H]1O[C@@H](CO)[C@@H](O)[C@@H](O)[C@@H]1O. The van der Waals surface area contributed by atoms with Gasteiger partial charge in [0.25, 0.3) is 0 Å². The van der Waals surface area contributed by atoms with Crippen LogP contribution in [-0.2, 0) is 11.2 Å². The Hall–Kier alpha value is -2.64. The van der Waals surface area contributed by atoms with Gasteiger partial charge in [-0.3, -0.25) is 0 Å². The summed E-state index contributed by atoms with van der Waals surface area (Å²) in [6.45, 7) is -0.735. The first-order valence-electron chi connectivity index (χ1n) is 12.1. The van der Waals surface area contributed by atoms with Crippen LogP contribution in [0.2, 0.25) is 0 Å². The number of rotatable bonds is 10. The molecule has 0 spiro atoms. The Bertz CT molecular complexity index is 1060. The molecule has 0 aromatic heterocycles. The predicted molar refractivity (Wildman–Crippen MR) is 129 cm³/mol. The van der Waals surface area contributed by atoms with Crippen molar-refractivity contribution in [3.8, 4) is 23.0 Å². The Morgan fingerprint density at radius 1 is 0.838 bits per heavy atom. The van der Waals surface area contributed by atoms with Gasteiger partial charge >= 0.3 is 0 Å². The topological polar surface area (TPSA) is 168 Å². The van der Waals surface area contributed by atoms with Gasteiger partial charge in [0.05, 0.1) is 33.4 Å². The lowest BCUT2D eigenvalue weighted by Gasteiger charge is -2.39. The number of hydrogen-bond acceptors (Lipinski definition) is 11. The van der Waals surface area contributed by atoms with Gasteiger partial charge in [0.15, 0.2) is 23.0 Å². The molecular weight excluding hydrogens is 488 g/mol. The van der Waals surface area contributed by atoms with Gasteiger partial charge in [-0.2, -0.15) is 0 Å². The highest BCUT2D eigenvalue weighted by Crippen LogP contribution is 2.51. The second-order valence-electron chi connectivity index (χ2n) is 9.10. The highest BCUT2D eigenvalue weighted by Gasteiger charge is 2.45. The number of aliphatic hydroxyl groups excluding tert-OH is 6. The van der Waals surface area contributed by atoms with Crippen LogP contribution >= 0.6 is 0 Å². The summed E-state index contributed by atoms with van der Waals surface area (Å²) >= 11 is 0. The second kappa shape index (κ2) is 11.8. The molecule has 6 N–H and O–H groups in total. The fourth-order valence-corrected chi connectivity index (χ4v) is 4.78. The molecule has 4 rings (SSSR count). The Balaban J connectivity index is 1.64. The minimum Gasteiger partial charge on any atom is -0.493 e. The molecule has 37 heavy (non-hydrogen) atoms. The molecule has 0 saturated carbocycles. The van der Waals surface area contributed by atoms with Gasteiger partial charge in [-0.25, -0.2) is 0 Å². The zero-order chi connectivity index (χ0) is 26.7. The van der Waals surface area contributed by atoms with E-state index in [1.165, 1.54) is 14.2 Å². The number of fused-ring (bicyclic) bond motifs is 1. The molecular formula is C26H34O11. The molecule has 204 valence electrons. The van der Waals surface area contributed by atoms with Gasteiger partial charge < -0.3 is 54.3 Å². The van der Waals surface area contributed by atoms with E-state index in [0.29, 0.717) is 35.7 Å². The first kappa shape index (κ1) is 27.4. The molecule has 2 aliphatic rings. The summed E-state index contributed by atoms with van der Waals surface area (Å²) in [5, 5.41) is 59.6. The minimum atomic E-state index is -1.59. The molecule has 0 radical (unpaired) electrons. The van der Waals surface area contributed by atoms with Gasteiger partial charge in [-0.1, -0.05) is 12.1 Å². The molecule has 1 saturated heterocycles. The quantitative estimate of drug-likeness (QED) is 0.249. The zero-order valence-corrected chi connectivity index (χ0v) is 20.7. The Morgan fingerprint density at radius 3 is 2.24 bits per heavy atom. The molecule has 11 heteroatoms. The molecule has 1 fully saturated rings. The summed E-state index contributed by atoms with van der Waals surface area (Å²) in [7, 11) is 2.97. The van der Waals surface area contributed by atoms with Crippen LogP contribution in [0.5, 0.6) is 23.0 Å². The largest absolute Gasteiger partial charge is 0.493 e. The highest BCUT2D eigenvalue weighted by molar-refractivity contribution is 5.56. The minimum absolute atomic E-state index is 0.0605. The van der Waals surface area contributed by atoms with E-state index >= 15 is 0 Å². The van der Waals surface area contributed by atoms with Crippen molar-refractivity contribution >= 4 is 0 Å². The third-order valence-electron chi connectivity index (χ3n) is 6.80. The zero-order valence-electron chi connectivity index (χ0n) is 20.7. The van der Waals surface area contributed by atoms with E-state index in [4.69, 9.17) is 23.7 Å². The molecule has 2 aliphatic heterocycles. The summed E-state index contributed by atoms with van der Waals surface area (Å²) in [6, 6.07) is 8.83. The van der Waals surface area contributed by atoms with Crippen LogP contribution < -0.4 is 18.9 Å². The number of ether oxygens (including phenoxy) is 5. The maximum Gasteiger partial charge on any atom is 0.229 e. The summed E-state index contributed by atoms with van der Waals surface area (Å²) in [5.41, 5.74) is 2.37. The van der Waals surface area contributed by atoms with Crippen molar-refractivity contribution in [2.24, 2.45) is 0 Å². The average molecular weight is 523 g/mol. The Kier molecular flexibility index (Phi) is 8.75. The van der Waals surface area contributed by atoms with Crippen molar-refractivity contribution in [3.05, 3.63) is 47.0 Å². The maximum absolute atomic E-state index is 10.4. The van der Waals surface area contributed by atoms with Gasteiger partial charge in [-0.05, 0) is 42.2 Å². The number of hydrogen-bond donors (Lipinski definition) is 6. The molecule has 2 aromatic carbocycles. The lowest BCUT2D eigenvalue weighted by Crippen LogP contribution is -2.60. The second-order valence-corrected chi connectivity index (χ2v) is 9.10. The molecule has 0 bridgehead atoms. The van der Waals surface area contributed by atoms with Crippen molar-refractivity contribution in [1.29, 1.82) is 0 Å². The summed E-state index contributed by atoms with van der Waals surface area (Å²) < 4.78 is 28.5. The first-order valence-corrected chi connectivity index (χ1v) is 12.1. The van der Waals surface area contributed by atoms with E-state index in [1.807, 2.05) is 12.1 Å². The molecule has 2 heterocycles. The third kappa shape index (κ3) is 5.34. The average Bonchev–Trinajstić information content (AvgIpc) is 3.30. The maximum atomic E-state index is 10.4. The van der Waals surface area contributed by atoms with E-state index in [-0.39, 0.29) is 19.0 Å². The molecule has 0 unspecified atom stereocenters. The van der Waals surface area contributed by atoms with Gasteiger partial charge in [0.1, 0.15) is 30.5 Å². The normalized spacial score (nSPS) is 28.9. The van der Waals surface area contributed by atoms with Crippen LogP contribution in [-0.4, -0.2) is 95.4 Å². The van der Waals surface area contributed by atoms with E-state index < -0.39 is 49.3 Å². The standard InChI is InChI=1S/C26H34O11/c1-33-17-6-5-14(10-18(17)35-26-23(32)22(31)21(30)20(12-29)36-26)24-16(11-28)15-8-13(4-3-7-27)9-19(34-2)25(15)37-24/h5-6,8-10,16,20-24,26-32H,3-4,7,11-12H2,1-2H3/t16-,20-,21+,22+,23-,24-,26-/m0/s1. The molecule has 11 nitrogen and oxygen atoms in total. The van der Waals surface area contributed by atoms with Crippen molar-refractivity contribution in [1.82, 2.24) is 0 Å². The van der Waals surface area contributed by atoms with Gasteiger partial charge in [0.2, 0.25) is 6.29 Å². The van der Waals surface area contributed by atoms with Gasteiger partial charge in [-0.15, -0.1) is 0 Å². The Morgan fingerprint density at radius 2 is 1.59 bits per heavy atom. The fraction of sp³-hybridized carbons (Fsp3) is 0.538. The van der Waals surface area contributed by atoms with Crippen LogP contribution in [0.3, 0.4) is 0 Å². The van der Waals surface area contributed by atoms with Crippen molar-refractivity contribution in [3.63, 3.8) is 0 Å². The van der Waals surface area contributed by atoms with E-state index in [9.17, 15) is 30.6 Å². The molecule has 0 aliphatic carbocycles. The number of methoxy groups -OCH3 is 2. The van der Waals surface area contributed by atoms with Crippen LogP contribution in [0.4, 0.5) is 0 Å². The predicted octanol–water partition coefficient (Wildman–Crippen LogP) is 0.0170. The fourth-order valence-electron chi connectivity index (χ4n) is 4.78. The molecule has 0 amide bonds. The van der Waals surface area contributed by atoms with Crippen LogP contribution in [0.1, 0.15) is 35.1 Å². The molecule has 7 atom stereocenters. The lowest BCUT2D eigenvalue weighted by atomic mass is 9.90. The summed E-state index contributed by atoms with van der Waals surface area (Å²) in [4.78, 5) is 0. The first-order chi connectivity index (χ1) is 17.9. The number of aliphatic hydroxyl groups is 6. The van der Waals surface area contributed by atoms with Crippen molar-refractivity contribution in [2.75, 3.05) is 34.0 Å². The van der Waals surface area contributed by atoms with Crippen LogP contribution in [0.25, 0.3) is 0 Å². The van der Waals surface area contributed by atoms with Crippen molar-refractivity contribution < 1.29 is 54.3 Å². The lowest BCUT2D eigenvalue weighted by molar-refractivity contribution is -0.277. The van der Waals surface area contributed by atoms with Gasteiger partial charge in [0, 0.05) is 12.2 Å². The Labute approximate surface area is 214 Å². The summed E-state index contributed by atoms with van der Waals surface area (Å²) in [5.74, 6) is 1.09. The van der Waals surface area contributed by atoms with E-state index in [2.05, 4.69) is 0 Å². The van der Waals surface area contributed by atoms with E-state index in [0.717, 1.165) is 11.1 Å². The summed E-state index contributed by atoms with van der Waals surface area (Å²) in [6.07, 6.45) is -6.60. The monoisotopic (exact) mass is 522 g/mol. The number of aryl methyl sites for hydroxylation is 1. The highest BCUT2D eigenvalue weighted by atomic mass is 16.7. The third-order valence-corrected chi connectivity index (χ3v) is 6.80. The van der Waals surface area contributed by atoms with E-state index in [1.54, 1.807) is 18.2 Å². The van der Waals surface area contributed by atoms with Crippen LogP contribution in [0.15, 0.2) is 30.3 Å². The molecule has 2 aromatic rings. The van der Waals surface area contributed by atoms with Crippen LogP contribution in [0, 0.1) is 0 Å².